The van der Waals surface area contributed by atoms with Gasteiger partial charge in [0.2, 0.25) is 5.91 Å². The van der Waals surface area contributed by atoms with Crippen LogP contribution in [-0.4, -0.2) is 65.6 Å². The Morgan fingerprint density at radius 2 is 2.00 bits per heavy atom. The van der Waals surface area contributed by atoms with Crippen LogP contribution in [0, 0.1) is 11.8 Å². The molecule has 4 rings (SSSR count). The fourth-order valence-electron chi connectivity index (χ4n) is 4.01. The van der Waals surface area contributed by atoms with E-state index in [0.29, 0.717) is 6.42 Å². The first-order valence-electron chi connectivity index (χ1n) is 8.46. The van der Waals surface area contributed by atoms with Gasteiger partial charge in [0.25, 0.3) is 0 Å². The van der Waals surface area contributed by atoms with Gasteiger partial charge < -0.3 is 9.64 Å². The van der Waals surface area contributed by atoms with Crippen LogP contribution in [0.3, 0.4) is 0 Å². The molecular weight excluding hydrogens is 349 g/mol. The van der Waals surface area contributed by atoms with E-state index in [1.807, 2.05) is 0 Å². The SMILES string of the molecule is O=C(C1CC(F)C1)N1CC2(C1)[C@@H](COc1ncccn1)CCS2(=O)=O. The monoisotopic (exact) mass is 369 g/mol. The number of amides is 1. The second-order valence-electron chi connectivity index (χ2n) is 7.17. The minimum Gasteiger partial charge on any atom is -0.463 e. The molecule has 3 fully saturated rings. The Morgan fingerprint density at radius 1 is 1.32 bits per heavy atom. The maximum atomic E-state index is 13.0. The van der Waals surface area contributed by atoms with Crippen LogP contribution >= 0.6 is 0 Å². The molecule has 2 saturated heterocycles. The van der Waals surface area contributed by atoms with Crippen LogP contribution in [0.2, 0.25) is 0 Å². The topological polar surface area (TPSA) is 89.5 Å². The third-order valence-corrected chi connectivity index (χ3v) is 8.32. The highest BCUT2D eigenvalue weighted by Gasteiger charge is 2.63. The van der Waals surface area contributed by atoms with Gasteiger partial charge in [-0.1, -0.05) is 0 Å². The van der Waals surface area contributed by atoms with Gasteiger partial charge in [-0.15, -0.1) is 0 Å². The average Bonchev–Trinajstić information content (AvgIpc) is 2.79. The lowest BCUT2D eigenvalue weighted by atomic mass is 9.79. The Kier molecular flexibility index (Phi) is 3.93. The van der Waals surface area contributed by atoms with Crippen molar-refractivity contribution in [3.05, 3.63) is 18.5 Å². The fraction of sp³-hybridized carbons (Fsp3) is 0.688. The summed E-state index contributed by atoms with van der Waals surface area (Å²) in [5.41, 5.74) is 0. The predicted octanol–water partition coefficient (Wildman–Crippen LogP) is 0.619. The van der Waals surface area contributed by atoms with Crippen molar-refractivity contribution in [1.29, 1.82) is 0 Å². The highest BCUT2D eigenvalue weighted by Crippen LogP contribution is 2.46. The van der Waals surface area contributed by atoms with Crippen LogP contribution in [0.1, 0.15) is 19.3 Å². The van der Waals surface area contributed by atoms with E-state index in [9.17, 15) is 17.6 Å². The number of halogens is 1. The summed E-state index contributed by atoms with van der Waals surface area (Å²) in [5, 5.41) is 0. The van der Waals surface area contributed by atoms with Crippen LogP contribution in [0.25, 0.3) is 0 Å². The summed E-state index contributed by atoms with van der Waals surface area (Å²) in [6.07, 6.45) is 3.24. The first kappa shape index (κ1) is 16.7. The van der Waals surface area contributed by atoms with Crippen molar-refractivity contribution in [2.75, 3.05) is 25.4 Å². The summed E-state index contributed by atoms with van der Waals surface area (Å²) in [6.45, 7) is 0.581. The third kappa shape index (κ3) is 2.68. The highest BCUT2D eigenvalue weighted by atomic mass is 32.2. The van der Waals surface area contributed by atoms with Crippen molar-refractivity contribution in [2.24, 2.45) is 11.8 Å². The summed E-state index contributed by atoms with van der Waals surface area (Å²) in [4.78, 5) is 21.8. The smallest absolute Gasteiger partial charge is 0.316 e. The highest BCUT2D eigenvalue weighted by molar-refractivity contribution is 7.93. The molecule has 1 atom stereocenters. The third-order valence-electron chi connectivity index (χ3n) is 5.71. The van der Waals surface area contributed by atoms with E-state index in [4.69, 9.17) is 4.74 Å². The number of hydrogen-bond acceptors (Lipinski definition) is 6. The Balaban J connectivity index is 1.42. The molecule has 0 N–H and O–H groups in total. The number of rotatable bonds is 4. The Labute approximate surface area is 145 Å². The zero-order chi connectivity index (χ0) is 17.7. The van der Waals surface area contributed by atoms with E-state index in [0.717, 1.165) is 0 Å². The van der Waals surface area contributed by atoms with E-state index in [-0.39, 0.29) is 62.0 Å². The number of carbonyl (C=O) groups excluding carboxylic acids is 1. The lowest BCUT2D eigenvalue weighted by Crippen LogP contribution is -2.70. The van der Waals surface area contributed by atoms with Gasteiger partial charge in [0.05, 0.1) is 12.4 Å². The van der Waals surface area contributed by atoms with Gasteiger partial charge in [0.15, 0.2) is 9.84 Å². The van der Waals surface area contributed by atoms with Crippen molar-refractivity contribution >= 4 is 15.7 Å². The van der Waals surface area contributed by atoms with Crippen molar-refractivity contribution in [3.8, 4) is 6.01 Å². The summed E-state index contributed by atoms with van der Waals surface area (Å²) < 4.78 is 42.7. The molecule has 1 saturated carbocycles. The van der Waals surface area contributed by atoms with Gasteiger partial charge in [0, 0.05) is 37.3 Å². The van der Waals surface area contributed by atoms with Gasteiger partial charge in [-0.25, -0.2) is 22.8 Å². The van der Waals surface area contributed by atoms with Crippen LogP contribution in [-0.2, 0) is 14.6 Å². The first-order chi connectivity index (χ1) is 11.9. The van der Waals surface area contributed by atoms with E-state index >= 15 is 0 Å². The molecule has 0 aromatic carbocycles. The van der Waals surface area contributed by atoms with Gasteiger partial charge in [-0.3, -0.25) is 4.79 Å². The maximum absolute atomic E-state index is 13.0. The zero-order valence-corrected chi connectivity index (χ0v) is 14.5. The van der Waals surface area contributed by atoms with E-state index in [1.54, 1.807) is 23.4 Å². The minimum absolute atomic E-state index is 0.106. The minimum atomic E-state index is -3.28. The average molecular weight is 369 g/mol. The molecule has 25 heavy (non-hydrogen) atoms. The quantitative estimate of drug-likeness (QED) is 0.773. The van der Waals surface area contributed by atoms with Crippen molar-refractivity contribution in [3.63, 3.8) is 0 Å². The van der Waals surface area contributed by atoms with Gasteiger partial charge in [-0.2, -0.15) is 0 Å². The molecule has 3 heterocycles. The number of carbonyl (C=O) groups is 1. The normalized spacial score (nSPS) is 32.0. The number of alkyl halides is 1. The van der Waals surface area contributed by atoms with Gasteiger partial charge >= 0.3 is 6.01 Å². The summed E-state index contributed by atoms with van der Waals surface area (Å²) in [5.74, 6) is -0.494. The molecule has 1 aliphatic carbocycles. The van der Waals surface area contributed by atoms with Crippen molar-refractivity contribution in [2.45, 2.75) is 30.2 Å². The number of likely N-dealkylation sites (tertiary alicyclic amines) is 1. The predicted molar refractivity (Wildman–Crippen MR) is 86.4 cm³/mol. The molecule has 9 heteroatoms. The molecule has 7 nitrogen and oxygen atoms in total. The molecular formula is C16H20FN3O4S. The standard InChI is InChI=1S/C16H20FN3O4S/c17-13-6-11(7-13)14(21)20-9-16(10-20)12(2-5-25(16,22)23)8-24-15-18-3-1-4-19-15/h1,3-4,11-13H,2,5-10H2/t11?,12-,13?/m1/s1. The summed E-state index contributed by atoms with van der Waals surface area (Å²) >= 11 is 0. The molecule has 0 bridgehead atoms. The van der Waals surface area contributed by atoms with Crippen molar-refractivity contribution < 1.29 is 22.3 Å². The largest absolute Gasteiger partial charge is 0.463 e. The van der Waals surface area contributed by atoms with Gasteiger partial charge in [0.1, 0.15) is 10.9 Å². The maximum Gasteiger partial charge on any atom is 0.316 e. The fourth-order valence-corrected chi connectivity index (χ4v) is 6.41. The molecule has 1 amide bonds. The lowest BCUT2D eigenvalue weighted by molar-refractivity contribution is -0.147. The van der Waals surface area contributed by atoms with E-state index in [2.05, 4.69) is 9.97 Å². The van der Waals surface area contributed by atoms with E-state index in [1.165, 1.54) is 0 Å². The number of aromatic nitrogens is 2. The Bertz CT molecular complexity index is 761. The first-order valence-corrected chi connectivity index (χ1v) is 10.1. The molecule has 136 valence electrons. The second kappa shape index (κ2) is 5.89. The van der Waals surface area contributed by atoms with Crippen LogP contribution in [0.4, 0.5) is 4.39 Å². The molecule has 1 aromatic heterocycles. The van der Waals surface area contributed by atoms with E-state index < -0.39 is 20.8 Å². The lowest BCUT2D eigenvalue weighted by Gasteiger charge is -2.51. The summed E-state index contributed by atoms with van der Waals surface area (Å²) in [7, 11) is -3.28. The Morgan fingerprint density at radius 3 is 2.64 bits per heavy atom. The molecule has 1 aromatic rings. The molecule has 2 aliphatic heterocycles. The van der Waals surface area contributed by atoms with Crippen LogP contribution in [0.5, 0.6) is 6.01 Å². The molecule has 0 radical (unpaired) electrons. The van der Waals surface area contributed by atoms with Crippen LogP contribution < -0.4 is 4.74 Å². The number of hydrogen-bond donors (Lipinski definition) is 0. The number of nitrogens with zero attached hydrogens (tertiary/aromatic N) is 3. The number of sulfone groups is 1. The van der Waals surface area contributed by atoms with Crippen molar-refractivity contribution in [1.82, 2.24) is 14.9 Å². The molecule has 1 spiro atoms. The number of ether oxygens (including phenoxy) is 1. The van der Waals surface area contributed by atoms with Gasteiger partial charge in [-0.05, 0) is 25.3 Å². The van der Waals surface area contributed by atoms with Crippen LogP contribution in [0.15, 0.2) is 18.5 Å². The molecule has 0 unspecified atom stereocenters. The zero-order valence-electron chi connectivity index (χ0n) is 13.7. The molecule has 3 aliphatic rings. The summed E-state index contributed by atoms with van der Waals surface area (Å²) in [6, 6.07) is 1.89. The second-order valence-corrected chi connectivity index (χ2v) is 9.62. The Hall–Kier alpha value is -1.77.